The Labute approximate surface area is 187 Å². The van der Waals surface area contributed by atoms with Crippen LogP contribution in [0.2, 0.25) is 0 Å². The first kappa shape index (κ1) is 21.1. The minimum absolute atomic E-state index is 0.473. The fourth-order valence-electron chi connectivity index (χ4n) is 3.90. The molecule has 0 atom stereocenters. The lowest BCUT2D eigenvalue weighted by Gasteiger charge is -2.20. The van der Waals surface area contributed by atoms with E-state index < -0.39 is 5.97 Å². The lowest BCUT2D eigenvalue weighted by atomic mass is 9.87. The molecule has 0 radical (unpaired) electrons. The van der Waals surface area contributed by atoms with Gasteiger partial charge in [-0.3, -0.25) is 5.10 Å². The van der Waals surface area contributed by atoms with Gasteiger partial charge in [0.2, 0.25) is 0 Å². The van der Waals surface area contributed by atoms with E-state index in [-0.39, 0.29) is 0 Å². The van der Waals surface area contributed by atoms with Crippen LogP contribution < -0.4 is 9.47 Å². The summed E-state index contributed by atoms with van der Waals surface area (Å²) in [6.45, 7) is 5.63. The summed E-state index contributed by atoms with van der Waals surface area (Å²) in [5, 5.41) is 8.15. The molecule has 0 spiro atoms. The highest BCUT2D eigenvalue weighted by Gasteiger charge is 2.20. The molecule has 0 fully saturated rings. The largest absolute Gasteiger partial charge is 0.496 e. The highest BCUT2D eigenvalue weighted by Crippen LogP contribution is 2.41. The van der Waals surface area contributed by atoms with Crippen molar-refractivity contribution >= 4 is 28.0 Å². The standard InChI is InChI=1S/C27H24N2O3/c1-4-20(21-10-6-8-12-24(21)31-3)27(18-14-15-23-19(16-18)17-28-29-23)22-11-7-9-13-25(22)32-26(30)5-2/h5-17H,2,4H2,1,3H3,(H,28,29)/b27-20+. The number of aromatic amines is 1. The molecule has 1 aromatic heterocycles. The Morgan fingerprint density at radius 3 is 2.47 bits per heavy atom. The third-order valence-electron chi connectivity index (χ3n) is 5.35. The van der Waals surface area contributed by atoms with Crippen molar-refractivity contribution in [1.29, 1.82) is 0 Å². The van der Waals surface area contributed by atoms with Crippen LogP contribution in [0.3, 0.4) is 0 Å². The number of hydrogen-bond donors (Lipinski definition) is 1. The molecular weight excluding hydrogens is 400 g/mol. The Kier molecular flexibility index (Phi) is 6.17. The summed E-state index contributed by atoms with van der Waals surface area (Å²) in [4.78, 5) is 12.1. The molecule has 0 unspecified atom stereocenters. The lowest BCUT2D eigenvalue weighted by molar-refractivity contribution is -0.128. The second-order valence-corrected chi connectivity index (χ2v) is 7.20. The number of hydrogen-bond acceptors (Lipinski definition) is 4. The van der Waals surface area contributed by atoms with Crippen LogP contribution in [0.4, 0.5) is 0 Å². The van der Waals surface area contributed by atoms with Crippen molar-refractivity contribution in [2.45, 2.75) is 13.3 Å². The van der Waals surface area contributed by atoms with Crippen LogP contribution in [0.1, 0.15) is 30.0 Å². The van der Waals surface area contributed by atoms with Crippen LogP contribution in [-0.4, -0.2) is 23.3 Å². The predicted molar refractivity (Wildman–Crippen MR) is 128 cm³/mol. The molecule has 1 heterocycles. The molecule has 0 bridgehead atoms. The van der Waals surface area contributed by atoms with Gasteiger partial charge in [0.05, 0.1) is 18.8 Å². The van der Waals surface area contributed by atoms with Gasteiger partial charge in [0.1, 0.15) is 11.5 Å². The average molecular weight is 425 g/mol. The summed E-state index contributed by atoms with van der Waals surface area (Å²) in [6.07, 6.45) is 3.70. The second-order valence-electron chi connectivity index (χ2n) is 7.20. The molecule has 32 heavy (non-hydrogen) atoms. The highest BCUT2D eigenvalue weighted by atomic mass is 16.5. The van der Waals surface area contributed by atoms with Gasteiger partial charge in [-0.1, -0.05) is 56.0 Å². The van der Waals surface area contributed by atoms with Gasteiger partial charge >= 0.3 is 5.97 Å². The molecule has 5 nitrogen and oxygen atoms in total. The first-order chi connectivity index (χ1) is 15.7. The number of H-pyrrole nitrogens is 1. The molecule has 0 saturated carbocycles. The van der Waals surface area contributed by atoms with Crippen LogP contribution in [0.25, 0.3) is 22.0 Å². The molecule has 1 N–H and O–H groups in total. The van der Waals surface area contributed by atoms with Crippen LogP contribution in [-0.2, 0) is 4.79 Å². The molecule has 160 valence electrons. The minimum atomic E-state index is -0.502. The third kappa shape index (κ3) is 4.05. The molecule has 5 heteroatoms. The normalized spacial score (nSPS) is 11.7. The summed E-state index contributed by atoms with van der Waals surface area (Å²) in [5.41, 5.74) is 5.79. The number of carbonyl (C=O) groups is 1. The van der Waals surface area contributed by atoms with E-state index in [2.05, 4.69) is 29.8 Å². The SMILES string of the molecule is C=CC(=O)Oc1ccccc1/C(=C(\CC)c1ccccc1OC)c1ccc2[nH]ncc2c1. The topological polar surface area (TPSA) is 64.2 Å². The van der Waals surface area contributed by atoms with Gasteiger partial charge in [-0.25, -0.2) is 4.79 Å². The van der Waals surface area contributed by atoms with Crippen molar-refractivity contribution in [3.8, 4) is 11.5 Å². The van der Waals surface area contributed by atoms with E-state index in [1.165, 1.54) is 6.08 Å². The van der Waals surface area contributed by atoms with Crippen molar-refractivity contribution in [1.82, 2.24) is 10.2 Å². The second kappa shape index (κ2) is 9.35. The highest BCUT2D eigenvalue weighted by molar-refractivity contribution is 6.03. The quantitative estimate of drug-likeness (QED) is 0.170. The Balaban J connectivity index is 2.05. The molecular formula is C27H24N2O3. The predicted octanol–water partition coefficient (Wildman–Crippen LogP) is 6.03. The monoisotopic (exact) mass is 424 g/mol. The number of methoxy groups -OCH3 is 1. The fraction of sp³-hybridized carbons (Fsp3) is 0.111. The van der Waals surface area contributed by atoms with Crippen molar-refractivity contribution in [2.75, 3.05) is 7.11 Å². The van der Waals surface area contributed by atoms with E-state index in [0.29, 0.717) is 5.75 Å². The Hall–Kier alpha value is -4.12. The zero-order valence-electron chi connectivity index (χ0n) is 18.1. The van der Waals surface area contributed by atoms with Gasteiger partial charge in [0, 0.05) is 22.6 Å². The van der Waals surface area contributed by atoms with Crippen molar-refractivity contribution in [3.05, 3.63) is 102 Å². The van der Waals surface area contributed by atoms with Crippen LogP contribution in [0.5, 0.6) is 11.5 Å². The molecule has 0 aliphatic heterocycles. The number of allylic oxidation sites excluding steroid dienone is 1. The molecule has 4 rings (SSSR count). The summed E-state index contributed by atoms with van der Waals surface area (Å²) in [7, 11) is 1.67. The van der Waals surface area contributed by atoms with Crippen molar-refractivity contribution < 1.29 is 14.3 Å². The van der Waals surface area contributed by atoms with E-state index in [9.17, 15) is 4.79 Å². The number of nitrogens with one attached hydrogen (secondary N) is 1. The maximum Gasteiger partial charge on any atom is 0.335 e. The smallest absolute Gasteiger partial charge is 0.335 e. The van der Waals surface area contributed by atoms with Gasteiger partial charge in [-0.05, 0) is 47.4 Å². The zero-order valence-corrected chi connectivity index (χ0v) is 18.1. The molecule has 3 aromatic carbocycles. The summed E-state index contributed by atoms with van der Waals surface area (Å²) >= 11 is 0. The zero-order chi connectivity index (χ0) is 22.5. The summed E-state index contributed by atoms with van der Waals surface area (Å²) in [5.74, 6) is 0.754. The van der Waals surface area contributed by atoms with Crippen molar-refractivity contribution in [3.63, 3.8) is 0 Å². The van der Waals surface area contributed by atoms with E-state index in [0.717, 1.165) is 50.9 Å². The van der Waals surface area contributed by atoms with Gasteiger partial charge in [-0.2, -0.15) is 5.10 Å². The Morgan fingerprint density at radius 2 is 1.75 bits per heavy atom. The summed E-state index contributed by atoms with van der Waals surface area (Å²) < 4.78 is 11.3. The van der Waals surface area contributed by atoms with Gasteiger partial charge < -0.3 is 9.47 Å². The number of ether oxygens (including phenoxy) is 2. The van der Waals surface area contributed by atoms with E-state index in [4.69, 9.17) is 9.47 Å². The number of nitrogens with zero attached hydrogens (tertiary/aromatic N) is 1. The molecule has 0 aliphatic carbocycles. The number of rotatable bonds is 7. The lowest BCUT2D eigenvalue weighted by Crippen LogP contribution is -2.06. The minimum Gasteiger partial charge on any atom is -0.496 e. The number of aromatic nitrogens is 2. The molecule has 4 aromatic rings. The van der Waals surface area contributed by atoms with Gasteiger partial charge in [-0.15, -0.1) is 0 Å². The maximum absolute atomic E-state index is 12.1. The first-order valence-electron chi connectivity index (χ1n) is 10.4. The third-order valence-corrected chi connectivity index (χ3v) is 5.35. The van der Waals surface area contributed by atoms with Gasteiger partial charge in [0.15, 0.2) is 0 Å². The van der Waals surface area contributed by atoms with E-state index >= 15 is 0 Å². The Bertz CT molecular complexity index is 1320. The summed E-state index contributed by atoms with van der Waals surface area (Å²) in [6, 6.07) is 21.6. The average Bonchev–Trinajstić information content (AvgIpc) is 3.31. The van der Waals surface area contributed by atoms with Crippen LogP contribution in [0.15, 0.2) is 85.6 Å². The van der Waals surface area contributed by atoms with Gasteiger partial charge in [0.25, 0.3) is 0 Å². The molecule has 0 amide bonds. The van der Waals surface area contributed by atoms with E-state index in [1.54, 1.807) is 19.4 Å². The maximum atomic E-state index is 12.1. The van der Waals surface area contributed by atoms with E-state index in [1.807, 2.05) is 54.6 Å². The van der Waals surface area contributed by atoms with Crippen molar-refractivity contribution in [2.24, 2.45) is 0 Å². The first-order valence-corrected chi connectivity index (χ1v) is 10.4. The van der Waals surface area contributed by atoms with Crippen LogP contribution in [0, 0.1) is 0 Å². The number of esters is 1. The number of para-hydroxylation sites is 2. The Morgan fingerprint density at radius 1 is 1.03 bits per heavy atom. The molecule has 0 saturated heterocycles. The fourth-order valence-corrected chi connectivity index (χ4v) is 3.90. The molecule has 0 aliphatic rings. The van der Waals surface area contributed by atoms with Crippen LogP contribution >= 0.6 is 0 Å². The number of fused-ring (bicyclic) bond motifs is 1. The number of benzene rings is 3. The number of carbonyl (C=O) groups excluding carboxylic acids is 1.